The van der Waals surface area contributed by atoms with Gasteiger partial charge in [0.25, 0.3) is 0 Å². The monoisotopic (exact) mass is 452 g/mol. The Bertz CT molecular complexity index is 1160. The molecule has 0 saturated carbocycles. The van der Waals surface area contributed by atoms with Gasteiger partial charge in [0.15, 0.2) is 5.17 Å². The second kappa shape index (κ2) is 7.92. The summed E-state index contributed by atoms with van der Waals surface area (Å²) in [6.07, 6.45) is 1.85. The molecule has 160 valence electrons. The smallest absolute Gasteiger partial charge is 0.160 e. The maximum atomic E-state index is 6.35. The van der Waals surface area contributed by atoms with Crippen LogP contribution in [-0.2, 0) is 0 Å². The van der Waals surface area contributed by atoms with Crippen molar-refractivity contribution < 1.29 is 4.74 Å². The molecular weight excluding hydrogens is 428 g/mol. The molecule has 1 aromatic carbocycles. The van der Waals surface area contributed by atoms with Crippen molar-refractivity contribution in [2.75, 3.05) is 13.7 Å². The molecule has 2 aliphatic heterocycles. The first-order chi connectivity index (χ1) is 15.0. The molecule has 3 atom stereocenters. The minimum atomic E-state index is -0.0218. The van der Waals surface area contributed by atoms with E-state index in [0.717, 1.165) is 34.5 Å². The summed E-state index contributed by atoms with van der Waals surface area (Å²) in [4.78, 5) is 12.2. The number of halogens is 1. The minimum Gasteiger partial charge on any atom is -0.495 e. The van der Waals surface area contributed by atoms with E-state index >= 15 is 0 Å². The average molecular weight is 453 g/mol. The van der Waals surface area contributed by atoms with E-state index in [1.54, 1.807) is 7.11 Å². The summed E-state index contributed by atoms with van der Waals surface area (Å²) in [5.74, 6) is 0.799. The van der Waals surface area contributed by atoms with E-state index in [-0.39, 0.29) is 12.1 Å². The van der Waals surface area contributed by atoms with Crippen LogP contribution >= 0.6 is 23.4 Å². The third-order valence-corrected chi connectivity index (χ3v) is 7.39. The molecule has 0 unspecified atom stereocenters. The third kappa shape index (κ3) is 3.42. The van der Waals surface area contributed by atoms with E-state index < -0.39 is 0 Å². The van der Waals surface area contributed by atoms with Crippen LogP contribution in [0.25, 0.3) is 5.69 Å². The summed E-state index contributed by atoms with van der Waals surface area (Å²) in [7, 11) is 1.69. The molecule has 1 saturated heterocycles. The van der Waals surface area contributed by atoms with Crippen LogP contribution in [0.2, 0.25) is 5.02 Å². The van der Waals surface area contributed by atoms with Gasteiger partial charge in [0.2, 0.25) is 0 Å². The molecule has 2 aromatic heterocycles. The lowest BCUT2D eigenvalue weighted by Gasteiger charge is -2.27. The van der Waals surface area contributed by atoms with Crippen LogP contribution < -0.4 is 4.74 Å². The zero-order valence-corrected chi connectivity index (χ0v) is 19.6. The topological polar surface area (TPSA) is 42.6 Å². The van der Waals surface area contributed by atoms with Crippen molar-refractivity contribution in [1.29, 1.82) is 0 Å². The maximum Gasteiger partial charge on any atom is 0.160 e. The van der Waals surface area contributed by atoms with Crippen molar-refractivity contribution in [3.8, 4) is 11.4 Å². The molecule has 3 aromatic rings. The SMILES string of the molecule is COc1ccc(Cl)cc1-n1c(C)cc([C@@H]2[C@@H](c3ccccn3)N=C3S[C@H](C)CN32)c1C. The Balaban J connectivity index is 1.65. The Kier molecular flexibility index (Phi) is 5.22. The molecule has 5 nitrogen and oxygen atoms in total. The number of rotatable bonds is 4. The number of aryl methyl sites for hydroxylation is 1. The fraction of sp³-hybridized carbons (Fsp3) is 0.333. The Labute approximate surface area is 192 Å². The van der Waals surface area contributed by atoms with Crippen molar-refractivity contribution in [3.63, 3.8) is 0 Å². The molecular formula is C24H25ClN4OS. The fourth-order valence-electron chi connectivity index (χ4n) is 4.75. The summed E-state index contributed by atoms with van der Waals surface area (Å²) < 4.78 is 7.88. The summed E-state index contributed by atoms with van der Waals surface area (Å²) in [5, 5.41) is 2.34. The highest BCUT2D eigenvalue weighted by Crippen LogP contribution is 2.49. The second-order valence-corrected chi connectivity index (χ2v) is 9.96. The molecule has 5 rings (SSSR count). The lowest BCUT2D eigenvalue weighted by atomic mass is 9.96. The molecule has 0 N–H and O–H groups in total. The van der Waals surface area contributed by atoms with Gasteiger partial charge in [-0.2, -0.15) is 0 Å². The standard InChI is InChI=1S/C24H25ClN4OS/c1-14-11-18(16(3)29(14)20-12-17(25)8-9-21(20)30-4)23-22(19-7-5-6-10-26-19)27-24-28(23)13-15(2)31-24/h5-12,15,22-23H,13H2,1-4H3/t15-,22-,23-/m1/s1. The van der Waals surface area contributed by atoms with Gasteiger partial charge in [-0.25, -0.2) is 0 Å². The molecule has 0 bridgehead atoms. The van der Waals surface area contributed by atoms with Gasteiger partial charge in [-0.05, 0) is 55.8 Å². The van der Waals surface area contributed by atoms with Gasteiger partial charge in [-0.1, -0.05) is 36.4 Å². The number of fused-ring (bicyclic) bond motifs is 1. The largest absolute Gasteiger partial charge is 0.495 e. The minimum absolute atomic E-state index is 0.0218. The summed E-state index contributed by atoms with van der Waals surface area (Å²) >= 11 is 8.21. The van der Waals surface area contributed by atoms with Crippen molar-refractivity contribution in [2.45, 2.75) is 38.1 Å². The first kappa shape index (κ1) is 20.5. The fourth-order valence-corrected chi connectivity index (χ4v) is 6.01. The predicted octanol–water partition coefficient (Wildman–Crippen LogP) is 5.74. The highest BCUT2D eigenvalue weighted by molar-refractivity contribution is 8.14. The second-order valence-electron chi connectivity index (χ2n) is 8.11. The first-order valence-corrected chi connectivity index (χ1v) is 11.7. The van der Waals surface area contributed by atoms with E-state index in [0.29, 0.717) is 10.3 Å². The Morgan fingerprint density at radius 3 is 2.74 bits per heavy atom. The number of nitrogens with zero attached hydrogens (tertiary/aromatic N) is 4. The van der Waals surface area contributed by atoms with E-state index in [2.05, 4.69) is 47.4 Å². The number of benzene rings is 1. The summed E-state index contributed by atoms with van der Waals surface area (Å²) in [5.41, 5.74) is 5.54. The van der Waals surface area contributed by atoms with Gasteiger partial charge >= 0.3 is 0 Å². The van der Waals surface area contributed by atoms with Gasteiger partial charge in [0, 0.05) is 34.4 Å². The van der Waals surface area contributed by atoms with E-state index in [9.17, 15) is 0 Å². The van der Waals surface area contributed by atoms with Crippen LogP contribution in [0, 0.1) is 13.8 Å². The number of aromatic nitrogens is 2. The summed E-state index contributed by atoms with van der Waals surface area (Å²) in [6.45, 7) is 7.55. The average Bonchev–Trinajstić information content (AvgIpc) is 3.38. The molecule has 0 radical (unpaired) electrons. The molecule has 0 spiro atoms. The number of ether oxygens (including phenoxy) is 1. The maximum absolute atomic E-state index is 6.35. The molecule has 31 heavy (non-hydrogen) atoms. The van der Waals surface area contributed by atoms with Crippen molar-refractivity contribution >= 4 is 28.5 Å². The van der Waals surface area contributed by atoms with Crippen molar-refractivity contribution in [3.05, 3.63) is 76.3 Å². The zero-order chi connectivity index (χ0) is 21.7. The lowest BCUT2D eigenvalue weighted by molar-refractivity contribution is 0.320. The quantitative estimate of drug-likeness (QED) is 0.506. The van der Waals surface area contributed by atoms with Crippen LogP contribution in [0.3, 0.4) is 0 Å². The first-order valence-electron chi connectivity index (χ1n) is 10.4. The van der Waals surface area contributed by atoms with Gasteiger partial charge in [0.1, 0.15) is 11.8 Å². The molecule has 0 amide bonds. The van der Waals surface area contributed by atoms with Crippen LogP contribution in [0.4, 0.5) is 0 Å². The summed E-state index contributed by atoms with van der Waals surface area (Å²) in [6, 6.07) is 14.2. The zero-order valence-electron chi connectivity index (χ0n) is 18.0. The number of hydrogen-bond acceptors (Lipinski definition) is 5. The Morgan fingerprint density at radius 1 is 1.16 bits per heavy atom. The molecule has 4 heterocycles. The van der Waals surface area contributed by atoms with Gasteiger partial charge in [0.05, 0.1) is 24.5 Å². The number of pyridine rings is 1. The Hall–Kier alpha value is -2.44. The van der Waals surface area contributed by atoms with Gasteiger partial charge in [-0.15, -0.1) is 0 Å². The number of hydrogen-bond donors (Lipinski definition) is 0. The van der Waals surface area contributed by atoms with E-state index in [4.69, 9.17) is 21.3 Å². The Morgan fingerprint density at radius 2 is 2.00 bits per heavy atom. The number of thioether (sulfide) groups is 1. The number of methoxy groups -OCH3 is 1. The molecule has 1 fully saturated rings. The van der Waals surface area contributed by atoms with Crippen LogP contribution in [0.5, 0.6) is 5.75 Å². The van der Waals surface area contributed by atoms with E-state index in [1.807, 2.05) is 48.3 Å². The molecule has 0 aliphatic carbocycles. The van der Waals surface area contributed by atoms with E-state index in [1.165, 1.54) is 11.3 Å². The number of amidine groups is 1. The number of aliphatic imine (C=N–C) groups is 1. The predicted molar refractivity (Wildman–Crippen MR) is 128 cm³/mol. The molecule has 2 aliphatic rings. The van der Waals surface area contributed by atoms with Gasteiger partial charge < -0.3 is 14.2 Å². The highest BCUT2D eigenvalue weighted by atomic mass is 35.5. The van der Waals surface area contributed by atoms with Crippen LogP contribution in [0.1, 0.15) is 41.7 Å². The van der Waals surface area contributed by atoms with Gasteiger partial charge in [-0.3, -0.25) is 9.98 Å². The van der Waals surface area contributed by atoms with Crippen LogP contribution in [-0.4, -0.2) is 38.5 Å². The van der Waals surface area contributed by atoms with Crippen LogP contribution in [0.15, 0.2) is 53.7 Å². The molecule has 7 heteroatoms. The third-order valence-electron chi connectivity index (χ3n) is 6.05. The van der Waals surface area contributed by atoms with Crippen molar-refractivity contribution in [1.82, 2.24) is 14.5 Å². The van der Waals surface area contributed by atoms with Crippen molar-refractivity contribution in [2.24, 2.45) is 4.99 Å². The normalized spacial score (nSPS) is 22.5. The highest BCUT2D eigenvalue weighted by Gasteiger charge is 2.44. The lowest BCUT2D eigenvalue weighted by Crippen LogP contribution is -2.28.